The summed E-state index contributed by atoms with van der Waals surface area (Å²) < 4.78 is 31.4. The van der Waals surface area contributed by atoms with Crippen molar-refractivity contribution in [2.45, 2.75) is 26.1 Å². The summed E-state index contributed by atoms with van der Waals surface area (Å²) in [5.41, 5.74) is 6.61. The van der Waals surface area contributed by atoms with E-state index in [-0.39, 0.29) is 18.5 Å². The van der Waals surface area contributed by atoms with E-state index in [2.05, 4.69) is 4.98 Å². The Hall–Kier alpha value is -1.66. The Labute approximate surface area is 120 Å². The van der Waals surface area contributed by atoms with Gasteiger partial charge in [0.25, 0.3) is 0 Å². The summed E-state index contributed by atoms with van der Waals surface area (Å²) >= 11 is 6.06. The number of ether oxygens (including phenoxy) is 1. The van der Waals surface area contributed by atoms with Crippen molar-refractivity contribution in [1.29, 1.82) is 0 Å². The van der Waals surface area contributed by atoms with Crippen LogP contribution in [-0.4, -0.2) is 9.55 Å². The highest BCUT2D eigenvalue weighted by Crippen LogP contribution is 2.28. The maximum atomic E-state index is 12.6. The SMILES string of the molecule is C[C@H](N)c1ccc(OCc2nccn2C(F)F)c(Cl)c1. The predicted octanol–water partition coefficient (Wildman–Crippen LogP) is 3.53. The second kappa shape index (κ2) is 6.19. The number of imidazole rings is 1. The van der Waals surface area contributed by atoms with Crippen LogP contribution in [0.2, 0.25) is 5.02 Å². The molecule has 0 aliphatic carbocycles. The lowest BCUT2D eigenvalue weighted by Gasteiger charge is -2.12. The zero-order valence-corrected chi connectivity index (χ0v) is 11.5. The summed E-state index contributed by atoms with van der Waals surface area (Å²) in [7, 11) is 0. The lowest BCUT2D eigenvalue weighted by Crippen LogP contribution is -2.08. The van der Waals surface area contributed by atoms with Crippen LogP contribution in [0, 0.1) is 0 Å². The summed E-state index contributed by atoms with van der Waals surface area (Å²) in [6.45, 7) is -0.896. The molecule has 0 saturated carbocycles. The van der Waals surface area contributed by atoms with Crippen LogP contribution in [0.1, 0.15) is 30.9 Å². The first-order valence-electron chi connectivity index (χ1n) is 5.96. The van der Waals surface area contributed by atoms with E-state index in [1.807, 2.05) is 6.92 Å². The van der Waals surface area contributed by atoms with E-state index in [9.17, 15) is 8.78 Å². The third-order valence-electron chi connectivity index (χ3n) is 2.80. The molecule has 2 aromatic rings. The molecule has 0 aliphatic heterocycles. The fourth-order valence-electron chi connectivity index (χ4n) is 1.69. The molecule has 0 saturated heterocycles. The van der Waals surface area contributed by atoms with Crippen LogP contribution < -0.4 is 10.5 Å². The number of aromatic nitrogens is 2. The second-order valence-electron chi connectivity index (χ2n) is 4.30. The standard InChI is InChI=1S/C13H14ClF2N3O/c1-8(17)9-2-3-11(10(14)6-9)20-7-12-18-4-5-19(12)13(15)16/h2-6,8,13H,7,17H2,1H3/t8-/m0/s1. The Bertz CT molecular complexity index is 587. The van der Waals surface area contributed by atoms with E-state index in [0.29, 0.717) is 10.8 Å². The van der Waals surface area contributed by atoms with Gasteiger partial charge in [-0.2, -0.15) is 8.78 Å². The van der Waals surface area contributed by atoms with Crippen molar-refractivity contribution < 1.29 is 13.5 Å². The third kappa shape index (κ3) is 3.26. The highest BCUT2D eigenvalue weighted by Gasteiger charge is 2.13. The molecule has 0 amide bonds. The largest absolute Gasteiger partial charge is 0.484 e. The van der Waals surface area contributed by atoms with Gasteiger partial charge >= 0.3 is 6.55 Å². The van der Waals surface area contributed by atoms with Gasteiger partial charge < -0.3 is 10.5 Å². The van der Waals surface area contributed by atoms with Gasteiger partial charge in [-0.25, -0.2) is 4.98 Å². The molecule has 1 atom stereocenters. The molecule has 1 aromatic carbocycles. The van der Waals surface area contributed by atoms with Crippen LogP contribution in [0.15, 0.2) is 30.6 Å². The average Bonchev–Trinajstić information content (AvgIpc) is 2.85. The predicted molar refractivity (Wildman–Crippen MR) is 71.9 cm³/mol. The molecule has 0 bridgehead atoms. The molecule has 0 spiro atoms. The molecule has 2 N–H and O–H groups in total. The highest BCUT2D eigenvalue weighted by atomic mass is 35.5. The van der Waals surface area contributed by atoms with Crippen LogP contribution >= 0.6 is 11.6 Å². The average molecular weight is 302 g/mol. The molecule has 4 nitrogen and oxygen atoms in total. The van der Waals surface area contributed by atoms with E-state index < -0.39 is 6.55 Å². The Kier molecular flexibility index (Phi) is 4.57. The summed E-state index contributed by atoms with van der Waals surface area (Å²) in [5.74, 6) is 0.534. The van der Waals surface area contributed by atoms with E-state index in [1.54, 1.807) is 18.2 Å². The molecule has 0 aliphatic rings. The highest BCUT2D eigenvalue weighted by molar-refractivity contribution is 6.32. The molecule has 1 heterocycles. The van der Waals surface area contributed by atoms with E-state index in [1.165, 1.54) is 12.4 Å². The molecular formula is C13H14ClF2N3O. The minimum atomic E-state index is -2.65. The summed E-state index contributed by atoms with van der Waals surface area (Å²) in [4.78, 5) is 3.82. The van der Waals surface area contributed by atoms with Crippen molar-refractivity contribution >= 4 is 11.6 Å². The van der Waals surface area contributed by atoms with Gasteiger partial charge in [0.05, 0.1) is 5.02 Å². The number of benzene rings is 1. The fraction of sp³-hybridized carbons (Fsp3) is 0.308. The van der Waals surface area contributed by atoms with Crippen molar-refractivity contribution in [2.24, 2.45) is 5.73 Å². The Morgan fingerprint density at radius 1 is 1.45 bits per heavy atom. The lowest BCUT2D eigenvalue weighted by molar-refractivity contribution is 0.0632. The van der Waals surface area contributed by atoms with Crippen LogP contribution in [0.3, 0.4) is 0 Å². The molecule has 0 unspecified atom stereocenters. The molecule has 0 radical (unpaired) electrons. The first kappa shape index (κ1) is 14.7. The van der Waals surface area contributed by atoms with Gasteiger partial charge in [-0.1, -0.05) is 17.7 Å². The lowest BCUT2D eigenvalue weighted by atomic mass is 10.1. The Morgan fingerprint density at radius 2 is 2.20 bits per heavy atom. The first-order valence-corrected chi connectivity index (χ1v) is 6.34. The molecule has 7 heteroatoms. The summed E-state index contributed by atoms with van der Waals surface area (Å²) in [6, 6.07) is 5.00. The van der Waals surface area contributed by atoms with Crippen LogP contribution in [0.4, 0.5) is 8.78 Å². The maximum Gasteiger partial charge on any atom is 0.320 e. The molecular weight excluding hydrogens is 288 g/mol. The monoisotopic (exact) mass is 301 g/mol. The second-order valence-corrected chi connectivity index (χ2v) is 4.70. The van der Waals surface area contributed by atoms with Gasteiger partial charge in [0.1, 0.15) is 12.4 Å². The van der Waals surface area contributed by atoms with Gasteiger partial charge in [0.15, 0.2) is 5.82 Å². The number of halogens is 3. The van der Waals surface area contributed by atoms with Gasteiger partial charge in [0.2, 0.25) is 0 Å². The number of nitrogens with two attached hydrogens (primary N) is 1. The first-order chi connectivity index (χ1) is 9.49. The van der Waals surface area contributed by atoms with Gasteiger partial charge in [-0.15, -0.1) is 0 Å². The third-order valence-corrected chi connectivity index (χ3v) is 3.09. The number of rotatable bonds is 5. The zero-order chi connectivity index (χ0) is 14.7. The molecule has 0 fully saturated rings. The van der Waals surface area contributed by atoms with Crippen LogP contribution in [0.5, 0.6) is 5.75 Å². The van der Waals surface area contributed by atoms with Gasteiger partial charge in [0, 0.05) is 18.4 Å². The van der Waals surface area contributed by atoms with E-state index >= 15 is 0 Å². The van der Waals surface area contributed by atoms with Crippen molar-refractivity contribution in [3.8, 4) is 5.75 Å². The Morgan fingerprint density at radius 3 is 2.80 bits per heavy atom. The minimum Gasteiger partial charge on any atom is -0.484 e. The van der Waals surface area contributed by atoms with Gasteiger partial charge in [-0.05, 0) is 24.6 Å². The van der Waals surface area contributed by atoms with Crippen molar-refractivity contribution in [2.75, 3.05) is 0 Å². The number of alkyl halides is 2. The van der Waals surface area contributed by atoms with Crippen LogP contribution in [-0.2, 0) is 6.61 Å². The molecule has 108 valence electrons. The van der Waals surface area contributed by atoms with Gasteiger partial charge in [-0.3, -0.25) is 4.57 Å². The smallest absolute Gasteiger partial charge is 0.320 e. The normalized spacial score (nSPS) is 12.7. The summed E-state index contributed by atoms with van der Waals surface area (Å²) in [5, 5.41) is 0.384. The number of nitrogens with zero attached hydrogens (tertiary/aromatic N) is 2. The topological polar surface area (TPSA) is 53.1 Å². The summed E-state index contributed by atoms with van der Waals surface area (Å²) in [6.07, 6.45) is 2.50. The number of hydrogen-bond donors (Lipinski definition) is 1. The zero-order valence-electron chi connectivity index (χ0n) is 10.8. The van der Waals surface area contributed by atoms with Crippen molar-refractivity contribution in [3.05, 3.63) is 47.0 Å². The van der Waals surface area contributed by atoms with E-state index in [0.717, 1.165) is 10.1 Å². The quantitative estimate of drug-likeness (QED) is 0.919. The number of hydrogen-bond acceptors (Lipinski definition) is 3. The van der Waals surface area contributed by atoms with Crippen LogP contribution in [0.25, 0.3) is 0 Å². The van der Waals surface area contributed by atoms with Crippen molar-refractivity contribution in [3.63, 3.8) is 0 Å². The Balaban J connectivity index is 2.09. The molecule has 2 rings (SSSR count). The minimum absolute atomic E-state index is 0.0887. The van der Waals surface area contributed by atoms with Crippen molar-refractivity contribution in [1.82, 2.24) is 9.55 Å². The van der Waals surface area contributed by atoms with E-state index in [4.69, 9.17) is 22.1 Å². The maximum absolute atomic E-state index is 12.6. The fourth-order valence-corrected chi connectivity index (χ4v) is 1.94. The molecule has 1 aromatic heterocycles. The molecule has 20 heavy (non-hydrogen) atoms.